The largest absolute Gasteiger partial charge is 0.383 e. The summed E-state index contributed by atoms with van der Waals surface area (Å²) in [6.07, 6.45) is 3.09. The van der Waals surface area contributed by atoms with Gasteiger partial charge in [-0.2, -0.15) is 5.10 Å². The number of nitro benzene ring substituents is 1. The van der Waals surface area contributed by atoms with Gasteiger partial charge in [0, 0.05) is 50.5 Å². The summed E-state index contributed by atoms with van der Waals surface area (Å²) in [5.41, 5.74) is 1.61. The number of anilines is 1. The van der Waals surface area contributed by atoms with Gasteiger partial charge in [-0.3, -0.25) is 20.0 Å². The molecule has 1 saturated heterocycles. The first-order valence-corrected chi connectivity index (χ1v) is 9.60. The van der Waals surface area contributed by atoms with Gasteiger partial charge in [0.2, 0.25) is 0 Å². The molecular weight excluding hydrogens is 392 g/mol. The highest BCUT2D eigenvalue weighted by Gasteiger charge is 2.29. The molecule has 1 unspecified atom stereocenters. The number of hydrogen-bond acceptors (Lipinski definition) is 6. The third-order valence-corrected chi connectivity index (χ3v) is 4.95. The van der Waals surface area contributed by atoms with Crippen LogP contribution in [0, 0.1) is 10.1 Å². The Kier molecular flexibility index (Phi) is 6.96. The Balaban J connectivity index is 1.63. The van der Waals surface area contributed by atoms with E-state index in [4.69, 9.17) is 4.74 Å². The van der Waals surface area contributed by atoms with Gasteiger partial charge in [-0.1, -0.05) is 0 Å². The number of likely N-dealkylation sites (tertiary alicyclic amines) is 1. The van der Waals surface area contributed by atoms with Gasteiger partial charge >= 0.3 is 6.03 Å². The number of methoxy groups -OCH3 is 1. The number of H-pyrrole nitrogens is 1. The fraction of sp³-hybridized carbons (Fsp3) is 0.421. The van der Waals surface area contributed by atoms with E-state index >= 15 is 0 Å². The lowest BCUT2D eigenvalue weighted by molar-refractivity contribution is -0.384. The molecule has 0 bridgehead atoms. The summed E-state index contributed by atoms with van der Waals surface area (Å²) >= 11 is 0. The average molecular weight is 416 g/mol. The zero-order valence-electron chi connectivity index (χ0n) is 16.6. The van der Waals surface area contributed by atoms with Gasteiger partial charge in [-0.25, -0.2) is 4.79 Å². The lowest BCUT2D eigenvalue weighted by atomic mass is 9.92. The van der Waals surface area contributed by atoms with Crippen LogP contribution in [0.15, 0.2) is 30.5 Å². The molecule has 160 valence electrons. The monoisotopic (exact) mass is 416 g/mol. The maximum Gasteiger partial charge on any atom is 0.321 e. The van der Waals surface area contributed by atoms with Gasteiger partial charge in [0.1, 0.15) is 0 Å². The molecular formula is C19H24N6O5. The number of ether oxygens (including phenoxy) is 1. The van der Waals surface area contributed by atoms with Crippen LogP contribution in [0.2, 0.25) is 0 Å². The van der Waals surface area contributed by atoms with Crippen molar-refractivity contribution < 1.29 is 19.2 Å². The molecule has 3 rings (SSSR count). The summed E-state index contributed by atoms with van der Waals surface area (Å²) in [6.45, 7) is 1.82. The van der Waals surface area contributed by atoms with Crippen molar-refractivity contribution in [1.82, 2.24) is 20.4 Å². The van der Waals surface area contributed by atoms with Gasteiger partial charge in [0.05, 0.1) is 29.0 Å². The van der Waals surface area contributed by atoms with Crippen molar-refractivity contribution >= 4 is 23.3 Å². The van der Waals surface area contributed by atoms with Crippen molar-refractivity contribution in [3.05, 3.63) is 51.8 Å². The number of nitrogens with one attached hydrogen (secondary N) is 3. The van der Waals surface area contributed by atoms with Crippen molar-refractivity contribution in [2.45, 2.75) is 18.8 Å². The maximum atomic E-state index is 12.7. The van der Waals surface area contributed by atoms with Crippen LogP contribution in [0.5, 0.6) is 0 Å². The van der Waals surface area contributed by atoms with E-state index in [0.717, 1.165) is 12.8 Å². The summed E-state index contributed by atoms with van der Waals surface area (Å²) < 4.78 is 4.94. The predicted octanol–water partition coefficient (Wildman–Crippen LogP) is 2.11. The first-order valence-electron chi connectivity index (χ1n) is 9.60. The number of aromatic amines is 1. The molecule has 1 aliphatic rings. The van der Waals surface area contributed by atoms with Gasteiger partial charge in [0.25, 0.3) is 11.6 Å². The molecule has 11 nitrogen and oxygen atoms in total. The number of amides is 3. The molecule has 2 heterocycles. The standard InChI is InChI=1S/C19H24N6O5/c1-30-10-8-20-18(26)16-11-21-23-17(16)13-3-2-9-24(12-13)19(27)22-14-4-6-15(7-5-14)25(28)29/h4-7,11,13H,2-3,8-10,12H2,1H3,(H,20,26)(H,21,23)(H,22,27). The van der Waals surface area contributed by atoms with E-state index in [1.54, 1.807) is 12.0 Å². The van der Waals surface area contributed by atoms with E-state index in [9.17, 15) is 19.7 Å². The maximum absolute atomic E-state index is 12.7. The minimum atomic E-state index is -0.492. The minimum absolute atomic E-state index is 0.0402. The quantitative estimate of drug-likeness (QED) is 0.358. The van der Waals surface area contributed by atoms with Crippen LogP contribution in [0.4, 0.5) is 16.2 Å². The van der Waals surface area contributed by atoms with E-state index in [1.807, 2.05) is 0 Å². The molecule has 1 fully saturated rings. The highest BCUT2D eigenvalue weighted by molar-refractivity contribution is 5.95. The topological polar surface area (TPSA) is 142 Å². The summed E-state index contributed by atoms with van der Waals surface area (Å²) in [7, 11) is 1.56. The molecule has 3 N–H and O–H groups in total. The summed E-state index contributed by atoms with van der Waals surface area (Å²) in [5.74, 6) is -0.282. The number of aromatic nitrogens is 2. The molecule has 11 heteroatoms. The molecule has 1 aromatic carbocycles. The first-order chi connectivity index (χ1) is 14.5. The molecule has 1 atom stereocenters. The zero-order chi connectivity index (χ0) is 21.5. The Hall–Kier alpha value is -3.47. The number of carbonyl (C=O) groups is 2. The molecule has 1 aliphatic heterocycles. The molecule has 3 amide bonds. The zero-order valence-corrected chi connectivity index (χ0v) is 16.6. The number of hydrogen-bond donors (Lipinski definition) is 3. The highest BCUT2D eigenvalue weighted by atomic mass is 16.6. The van der Waals surface area contributed by atoms with Crippen LogP contribution in [0.3, 0.4) is 0 Å². The van der Waals surface area contributed by atoms with Gasteiger partial charge in [0.15, 0.2) is 0 Å². The van der Waals surface area contributed by atoms with Crippen LogP contribution in [-0.4, -0.2) is 65.3 Å². The first kappa shape index (κ1) is 21.2. The van der Waals surface area contributed by atoms with E-state index in [1.165, 1.54) is 30.5 Å². The van der Waals surface area contributed by atoms with E-state index in [-0.39, 0.29) is 23.5 Å². The Labute approximate surface area is 172 Å². The normalized spacial score (nSPS) is 16.2. The Morgan fingerprint density at radius 3 is 2.83 bits per heavy atom. The van der Waals surface area contributed by atoms with Crippen molar-refractivity contribution in [1.29, 1.82) is 0 Å². The van der Waals surface area contributed by atoms with Crippen molar-refractivity contribution in [3.8, 4) is 0 Å². The fourth-order valence-corrected chi connectivity index (χ4v) is 3.42. The van der Waals surface area contributed by atoms with Gasteiger partial charge in [-0.05, 0) is 25.0 Å². The number of non-ortho nitro benzene ring substituents is 1. The van der Waals surface area contributed by atoms with Crippen LogP contribution >= 0.6 is 0 Å². The van der Waals surface area contributed by atoms with Crippen molar-refractivity contribution in [2.75, 3.05) is 38.7 Å². The van der Waals surface area contributed by atoms with Gasteiger partial charge in [-0.15, -0.1) is 0 Å². The fourth-order valence-electron chi connectivity index (χ4n) is 3.42. The highest BCUT2D eigenvalue weighted by Crippen LogP contribution is 2.28. The second-order valence-corrected chi connectivity index (χ2v) is 6.97. The smallest absolute Gasteiger partial charge is 0.321 e. The molecule has 0 radical (unpaired) electrons. The SMILES string of the molecule is COCCNC(=O)c1cn[nH]c1C1CCCN(C(=O)Nc2ccc([N+](=O)[O-])cc2)C1. The number of carbonyl (C=O) groups excluding carboxylic acids is 2. The number of nitrogens with zero attached hydrogens (tertiary/aromatic N) is 3. The lowest BCUT2D eigenvalue weighted by Crippen LogP contribution is -2.42. The molecule has 0 saturated carbocycles. The van der Waals surface area contributed by atoms with E-state index in [2.05, 4.69) is 20.8 Å². The molecule has 30 heavy (non-hydrogen) atoms. The van der Waals surface area contributed by atoms with Crippen molar-refractivity contribution in [2.24, 2.45) is 0 Å². The molecule has 1 aromatic heterocycles. The van der Waals surface area contributed by atoms with Crippen LogP contribution in [0.1, 0.15) is 34.8 Å². The van der Waals surface area contributed by atoms with E-state index in [0.29, 0.717) is 43.2 Å². The van der Waals surface area contributed by atoms with Gasteiger partial charge < -0.3 is 20.3 Å². The van der Waals surface area contributed by atoms with Crippen LogP contribution in [0.25, 0.3) is 0 Å². The summed E-state index contributed by atoms with van der Waals surface area (Å²) in [4.78, 5) is 37.0. The van der Waals surface area contributed by atoms with Crippen molar-refractivity contribution in [3.63, 3.8) is 0 Å². The van der Waals surface area contributed by atoms with Crippen LogP contribution in [-0.2, 0) is 4.74 Å². The third-order valence-electron chi connectivity index (χ3n) is 4.95. The molecule has 0 aliphatic carbocycles. The number of benzene rings is 1. The number of nitro groups is 1. The molecule has 0 spiro atoms. The Morgan fingerprint density at radius 2 is 2.13 bits per heavy atom. The third kappa shape index (κ3) is 5.11. The Bertz CT molecular complexity index is 897. The number of rotatable bonds is 7. The number of piperidine rings is 1. The Morgan fingerprint density at radius 1 is 1.37 bits per heavy atom. The number of urea groups is 1. The second-order valence-electron chi connectivity index (χ2n) is 6.97. The minimum Gasteiger partial charge on any atom is -0.383 e. The lowest BCUT2D eigenvalue weighted by Gasteiger charge is -2.32. The summed E-state index contributed by atoms with van der Waals surface area (Å²) in [5, 5.41) is 23.2. The predicted molar refractivity (Wildman–Crippen MR) is 108 cm³/mol. The van der Waals surface area contributed by atoms with E-state index < -0.39 is 4.92 Å². The average Bonchev–Trinajstić information content (AvgIpc) is 3.24. The van der Waals surface area contributed by atoms with Crippen LogP contribution < -0.4 is 10.6 Å². The second kappa shape index (κ2) is 9.83. The summed E-state index contributed by atoms with van der Waals surface area (Å²) in [6, 6.07) is 5.38. The molecule has 2 aromatic rings.